The SMILES string of the molecule is C[C@@H](NS(=O)(=O)c1cc2c3c(c1)CCN3C(=O)CC2)c1ccccc1. The monoisotopic (exact) mass is 356 g/mol. The minimum Gasteiger partial charge on any atom is -0.312 e. The number of sulfonamides is 1. The van der Waals surface area contributed by atoms with E-state index in [1.807, 2.05) is 37.3 Å². The molecular formula is C19H20N2O3S. The lowest BCUT2D eigenvalue weighted by Crippen LogP contribution is -2.33. The van der Waals surface area contributed by atoms with Gasteiger partial charge in [-0.25, -0.2) is 13.1 Å². The van der Waals surface area contributed by atoms with Crippen LogP contribution in [0.25, 0.3) is 0 Å². The molecule has 0 aromatic heterocycles. The highest BCUT2D eigenvalue weighted by Crippen LogP contribution is 2.38. The summed E-state index contributed by atoms with van der Waals surface area (Å²) in [6.07, 6.45) is 1.77. The van der Waals surface area contributed by atoms with Crippen LogP contribution in [0.5, 0.6) is 0 Å². The van der Waals surface area contributed by atoms with Crippen LogP contribution in [0.3, 0.4) is 0 Å². The van der Waals surface area contributed by atoms with Gasteiger partial charge in [-0.05, 0) is 48.6 Å². The molecule has 2 heterocycles. The average Bonchev–Trinajstić information content (AvgIpc) is 3.04. The van der Waals surface area contributed by atoms with Crippen molar-refractivity contribution in [3.05, 3.63) is 59.2 Å². The van der Waals surface area contributed by atoms with Crippen molar-refractivity contribution in [3.63, 3.8) is 0 Å². The molecule has 0 aliphatic carbocycles. The van der Waals surface area contributed by atoms with Crippen LogP contribution >= 0.6 is 0 Å². The maximum Gasteiger partial charge on any atom is 0.241 e. The molecule has 0 radical (unpaired) electrons. The Morgan fingerprint density at radius 1 is 1.04 bits per heavy atom. The Morgan fingerprint density at radius 2 is 1.72 bits per heavy atom. The molecule has 2 aliphatic heterocycles. The molecule has 6 heteroatoms. The van der Waals surface area contributed by atoms with Gasteiger partial charge >= 0.3 is 0 Å². The number of anilines is 1. The molecule has 0 saturated carbocycles. The van der Waals surface area contributed by atoms with Gasteiger partial charge in [-0.1, -0.05) is 30.3 Å². The number of nitrogens with one attached hydrogen (secondary N) is 1. The fourth-order valence-electron chi connectivity index (χ4n) is 3.69. The Bertz CT molecular complexity index is 939. The molecule has 2 aromatic carbocycles. The van der Waals surface area contributed by atoms with Gasteiger partial charge in [-0.2, -0.15) is 0 Å². The van der Waals surface area contributed by atoms with Gasteiger partial charge in [0.25, 0.3) is 0 Å². The number of benzene rings is 2. The van der Waals surface area contributed by atoms with E-state index in [4.69, 9.17) is 0 Å². The highest BCUT2D eigenvalue weighted by Gasteiger charge is 2.33. The van der Waals surface area contributed by atoms with Crippen LogP contribution in [0.1, 0.15) is 36.1 Å². The molecule has 0 spiro atoms. The van der Waals surface area contributed by atoms with Crippen LogP contribution in [0, 0.1) is 0 Å². The third kappa shape index (κ3) is 2.85. The van der Waals surface area contributed by atoms with Crippen LogP contribution in [0.2, 0.25) is 0 Å². The largest absolute Gasteiger partial charge is 0.312 e. The van der Waals surface area contributed by atoms with Crippen molar-refractivity contribution in [2.24, 2.45) is 0 Å². The van der Waals surface area contributed by atoms with Gasteiger partial charge in [0.1, 0.15) is 0 Å². The number of nitrogens with zero attached hydrogens (tertiary/aromatic N) is 1. The van der Waals surface area contributed by atoms with Gasteiger partial charge in [-0.3, -0.25) is 4.79 Å². The number of amides is 1. The summed E-state index contributed by atoms with van der Waals surface area (Å²) in [5, 5.41) is 0. The third-order valence-corrected chi connectivity index (χ3v) is 6.49. The van der Waals surface area contributed by atoms with Crippen LogP contribution in [0.15, 0.2) is 47.4 Å². The van der Waals surface area contributed by atoms with E-state index in [1.165, 1.54) is 0 Å². The Kier molecular flexibility index (Phi) is 3.89. The fourth-order valence-corrected chi connectivity index (χ4v) is 5.02. The number of carbonyl (C=O) groups excluding carboxylic acids is 1. The normalized spacial score (nSPS) is 17.5. The molecule has 25 heavy (non-hydrogen) atoms. The van der Waals surface area contributed by atoms with Crippen molar-refractivity contribution in [2.45, 2.75) is 37.1 Å². The third-order valence-electron chi connectivity index (χ3n) is 4.97. The summed E-state index contributed by atoms with van der Waals surface area (Å²) in [5.41, 5.74) is 3.78. The zero-order valence-electron chi connectivity index (χ0n) is 14.0. The van der Waals surface area contributed by atoms with Gasteiger partial charge in [0.15, 0.2) is 0 Å². The molecule has 2 aliphatic rings. The lowest BCUT2D eigenvalue weighted by atomic mass is 10.00. The molecule has 4 rings (SSSR count). The average molecular weight is 356 g/mol. The predicted octanol–water partition coefficient (Wildman–Crippen LogP) is 2.56. The van der Waals surface area contributed by atoms with Crippen molar-refractivity contribution in [3.8, 4) is 0 Å². The minimum atomic E-state index is -3.62. The maximum absolute atomic E-state index is 12.9. The number of aryl methyl sites for hydroxylation is 1. The van der Waals surface area contributed by atoms with E-state index in [1.54, 1.807) is 17.0 Å². The molecule has 0 saturated heterocycles. The van der Waals surface area contributed by atoms with Gasteiger partial charge in [-0.15, -0.1) is 0 Å². The summed E-state index contributed by atoms with van der Waals surface area (Å²) in [6.45, 7) is 2.49. The Labute approximate surface area is 147 Å². The highest BCUT2D eigenvalue weighted by atomic mass is 32.2. The second-order valence-corrected chi connectivity index (χ2v) is 8.35. The zero-order valence-corrected chi connectivity index (χ0v) is 14.8. The van der Waals surface area contributed by atoms with Gasteiger partial charge in [0.2, 0.25) is 15.9 Å². The van der Waals surface area contributed by atoms with Crippen LogP contribution < -0.4 is 9.62 Å². The number of carbonyl (C=O) groups is 1. The molecule has 2 aromatic rings. The second kappa shape index (κ2) is 5.97. The van der Waals surface area contributed by atoms with Crippen molar-refractivity contribution >= 4 is 21.6 Å². The fraction of sp³-hybridized carbons (Fsp3) is 0.316. The molecule has 130 valence electrons. The van der Waals surface area contributed by atoms with Gasteiger partial charge in [0, 0.05) is 19.0 Å². The van der Waals surface area contributed by atoms with E-state index in [2.05, 4.69) is 4.72 Å². The molecule has 5 nitrogen and oxygen atoms in total. The molecular weight excluding hydrogens is 336 g/mol. The smallest absolute Gasteiger partial charge is 0.241 e. The summed E-state index contributed by atoms with van der Waals surface area (Å²) >= 11 is 0. The molecule has 0 unspecified atom stereocenters. The van der Waals surface area contributed by atoms with E-state index >= 15 is 0 Å². The quantitative estimate of drug-likeness (QED) is 0.916. The van der Waals surface area contributed by atoms with Crippen molar-refractivity contribution in [1.29, 1.82) is 0 Å². The molecule has 1 amide bonds. The molecule has 0 fully saturated rings. The van der Waals surface area contributed by atoms with E-state index in [9.17, 15) is 13.2 Å². The maximum atomic E-state index is 12.9. The summed E-state index contributed by atoms with van der Waals surface area (Å²) in [7, 11) is -3.62. The first kappa shape index (κ1) is 16.3. The molecule has 0 bridgehead atoms. The molecule has 1 N–H and O–H groups in total. The highest BCUT2D eigenvalue weighted by molar-refractivity contribution is 7.89. The first-order valence-electron chi connectivity index (χ1n) is 8.49. The summed E-state index contributed by atoms with van der Waals surface area (Å²) in [5.74, 6) is 0.137. The van der Waals surface area contributed by atoms with Gasteiger partial charge in [0.05, 0.1) is 10.6 Å². The van der Waals surface area contributed by atoms with E-state index in [0.29, 0.717) is 30.7 Å². The summed E-state index contributed by atoms with van der Waals surface area (Å²) in [6, 6.07) is 12.6. The minimum absolute atomic E-state index is 0.137. The second-order valence-electron chi connectivity index (χ2n) is 6.64. The van der Waals surface area contributed by atoms with E-state index in [-0.39, 0.29) is 11.9 Å². The van der Waals surface area contributed by atoms with Crippen molar-refractivity contribution < 1.29 is 13.2 Å². The number of hydrogen-bond acceptors (Lipinski definition) is 3. The predicted molar refractivity (Wildman–Crippen MR) is 96.0 cm³/mol. The lowest BCUT2D eigenvalue weighted by molar-refractivity contribution is -0.118. The Balaban J connectivity index is 1.67. The van der Waals surface area contributed by atoms with Crippen molar-refractivity contribution in [2.75, 3.05) is 11.4 Å². The first-order chi connectivity index (χ1) is 12.0. The number of rotatable bonds is 4. The van der Waals surface area contributed by atoms with Crippen LogP contribution in [-0.2, 0) is 27.7 Å². The summed E-state index contributed by atoms with van der Waals surface area (Å²) in [4.78, 5) is 14.1. The Morgan fingerprint density at radius 3 is 2.44 bits per heavy atom. The lowest BCUT2D eigenvalue weighted by Gasteiger charge is -2.26. The Hall–Kier alpha value is -2.18. The van der Waals surface area contributed by atoms with Gasteiger partial charge < -0.3 is 4.90 Å². The van der Waals surface area contributed by atoms with Crippen LogP contribution in [-0.4, -0.2) is 20.9 Å². The summed E-state index contributed by atoms with van der Waals surface area (Å²) < 4.78 is 28.5. The topological polar surface area (TPSA) is 66.5 Å². The van der Waals surface area contributed by atoms with E-state index < -0.39 is 10.0 Å². The standard InChI is InChI=1S/C19H20N2O3S/c1-13(14-5-3-2-4-6-14)20-25(23,24)17-11-15-7-8-18(22)21-10-9-16(12-17)19(15)21/h2-6,11-13,20H,7-10H2,1H3/t13-/m1/s1. The first-order valence-corrected chi connectivity index (χ1v) is 9.97. The van der Waals surface area contributed by atoms with E-state index in [0.717, 1.165) is 22.4 Å². The van der Waals surface area contributed by atoms with Crippen molar-refractivity contribution in [1.82, 2.24) is 4.72 Å². The zero-order chi connectivity index (χ0) is 17.6. The molecule has 1 atom stereocenters. The van der Waals surface area contributed by atoms with Crippen LogP contribution in [0.4, 0.5) is 5.69 Å². The number of hydrogen-bond donors (Lipinski definition) is 1.